The molecule has 0 spiro atoms. The van der Waals surface area contributed by atoms with Crippen LogP contribution >= 0.6 is 0 Å². The summed E-state index contributed by atoms with van der Waals surface area (Å²) in [7, 11) is -2.49. The number of carbonyl (C=O) groups excluding carboxylic acids is 1. The minimum atomic E-state index is -4.57. The largest absolute Gasteiger partial charge is 0.417 e. The van der Waals surface area contributed by atoms with Crippen molar-refractivity contribution in [1.29, 1.82) is 5.41 Å². The van der Waals surface area contributed by atoms with Crippen molar-refractivity contribution in [3.8, 4) is 0 Å². The number of halogens is 3. The number of hydrogen-bond acceptors (Lipinski definition) is 6. The van der Waals surface area contributed by atoms with E-state index in [2.05, 4.69) is 20.6 Å². The second-order valence-electron chi connectivity index (χ2n) is 6.82. The number of nitrogens with zero attached hydrogens (tertiary/aromatic N) is 3. The summed E-state index contributed by atoms with van der Waals surface area (Å²) in [5.74, 6) is -1.43. The lowest BCUT2D eigenvalue weighted by Crippen LogP contribution is -2.61. The Labute approximate surface area is 169 Å². The second-order valence-corrected chi connectivity index (χ2v) is 8.82. The molecule has 13 heteroatoms. The molecular weight excluding hydrogens is 425 g/mol. The first-order valence-corrected chi connectivity index (χ1v) is 10.1. The Morgan fingerprint density at radius 1 is 1.30 bits per heavy atom. The van der Waals surface area contributed by atoms with Crippen molar-refractivity contribution in [3.05, 3.63) is 53.5 Å². The number of anilines is 1. The van der Waals surface area contributed by atoms with Crippen LogP contribution in [0.1, 0.15) is 28.7 Å². The highest BCUT2D eigenvalue weighted by molar-refractivity contribution is 7.89. The molecule has 3 rings (SSSR count). The summed E-state index contributed by atoms with van der Waals surface area (Å²) in [5, 5.41) is 13.0. The van der Waals surface area contributed by atoms with Crippen LogP contribution in [0.25, 0.3) is 0 Å². The molecule has 3 heterocycles. The van der Waals surface area contributed by atoms with Gasteiger partial charge in [0.25, 0.3) is 5.91 Å². The van der Waals surface area contributed by atoms with Crippen LogP contribution in [0.2, 0.25) is 0 Å². The van der Waals surface area contributed by atoms with Gasteiger partial charge in [-0.25, -0.2) is 17.7 Å². The van der Waals surface area contributed by atoms with Crippen LogP contribution in [0.5, 0.6) is 0 Å². The third-order valence-corrected chi connectivity index (χ3v) is 6.44. The molecule has 0 bridgehead atoms. The summed E-state index contributed by atoms with van der Waals surface area (Å²) in [6.07, 6.45) is -4.01. The standard InChI is InChI=1S/C17H17F3N6O3S/c1-16(9-30(28,29)26(2)15(21)25-16)12-4-3-5-13(23-12)24-14(27)11-7-6-10(8-22-11)17(18,19)20/h3-8H,9H2,1-2H3,(H2,21,25)(H,23,24,27)/t16-/m0/s1. The van der Waals surface area contributed by atoms with Gasteiger partial charge in [-0.2, -0.15) is 13.2 Å². The smallest absolute Gasteiger partial charge is 0.344 e. The Hall–Kier alpha value is -3.22. The third kappa shape index (κ3) is 4.20. The average molecular weight is 442 g/mol. The Morgan fingerprint density at radius 2 is 2.00 bits per heavy atom. The van der Waals surface area contributed by atoms with E-state index in [1.807, 2.05) is 0 Å². The monoisotopic (exact) mass is 442 g/mol. The van der Waals surface area contributed by atoms with Gasteiger partial charge in [0.15, 0.2) is 0 Å². The van der Waals surface area contributed by atoms with Gasteiger partial charge >= 0.3 is 6.18 Å². The van der Waals surface area contributed by atoms with Crippen LogP contribution in [0.15, 0.2) is 36.5 Å². The molecule has 1 atom stereocenters. The maximum Gasteiger partial charge on any atom is 0.417 e. The molecule has 30 heavy (non-hydrogen) atoms. The number of hydrogen-bond donors (Lipinski definition) is 3. The van der Waals surface area contributed by atoms with Gasteiger partial charge < -0.3 is 10.6 Å². The lowest BCUT2D eigenvalue weighted by atomic mass is 9.99. The summed E-state index contributed by atoms with van der Waals surface area (Å²) < 4.78 is 63.2. The highest BCUT2D eigenvalue weighted by atomic mass is 32.2. The van der Waals surface area contributed by atoms with Crippen molar-refractivity contribution in [2.24, 2.45) is 0 Å². The van der Waals surface area contributed by atoms with Gasteiger partial charge in [-0.05, 0) is 31.2 Å². The van der Waals surface area contributed by atoms with E-state index in [9.17, 15) is 26.4 Å². The predicted molar refractivity (Wildman–Crippen MR) is 101 cm³/mol. The molecule has 1 aliphatic rings. The number of sulfonamides is 1. The van der Waals surface area contributed by atoms with Gasteiger partial charge in [-0.15, -0.1) is 0 Å². The highest BCUT2D eigenvalue weighted by Crippen LogP contribution is 2.29. The fourth-order valence-corrected chi connectivity index (χ4v) is 4.27. The number of guanidine groups is 1. The normalized spacial score (nSPS) is 21.1. The summed E-state index contributed by atoms with van der Waals surface area (Å²) in [6.45, 7) is 1.55. The van der Waals surface area contributed by atoms with Crippen molar-refractivity contribution in [2.45, 2.75) is 18.6 Å². The zero-order valence-electron chi connectivity index (χ0n) is 15.8. The van der Waals surface area contributed by atoms with E-state index in [1.54, 1.807) is 6.92 Å². The van der Waals surface area contributed by atoms with Gasteiger partial charge in [0, 0.05) is 13.2 Å². The number of pyridine rings is 2. The highest BCUT2D eigenvalue weighted by Gasteiger charge is 2.42. The van der Waals surface area contributed by atoms with Crippen LogP contribution in [0.3, 0.4) is 0 Å². The van der Waals surface area contributed by atoms with Crippen molar-refractivity contribution in [3.63, 3.8) is 0 Å². The number of aromatic nitrogens is 2. The number of carbonyl (C=O) groups is 1. The molecule has 1 amide bonds. The molecule has 0 aromatic carbocycles. The average Bonchev–Trinajstić information content (AvgIpc) is 2.65. The minimum absolute atomic E-state index is 0.0464. The van der Waals surface area contributed by atoms with Gasteiger partial charge in [0.1, 0.15) is 11.5 Å². The quantitative estimate of drug-likeness (QED) is 0.665. The molecule has 1 saturated heterocycles. The van der Waals surface area contributed by atoms with Crippen LogP contribution in [-0.2, 0) is 21.7 Å². The number of amides is 1. The Balaban J connectivity index is 1.82. The van der Waals surface area contributed by atoms with Gasteiger partial charge in [-0.3, -0.25) is 15.2 Å². The van der Waals surface area contributed by atoms with Crippen molar-refractivity contribution in [2.75, 3.05) is 18.1 Å². The number of alkyl halides is 3. The van der Waals surface area contributed by atoms with E-state index in [-0.39, 0.29) is 28.9 Å². The summed E-state index contributed by atoms with van der Waals surface area (Å²) >= 11 is 0. The fraction of sp³-hybridized carbons (Fsp3) is 0.294. The first-order chi connectivity index (χ1) is 13.8. The number of nitrogens with one attached hydrogen (secondary N) is 3. The zero-order chi connectivity index (χ0) is 22.3. The maximum atomic E-state index is 12.6. The predicted octanol–water partition coefficient (Wildman–Crippen LogP) is 1.76. The van der Waals surface area contributed by atoms with E-state index in [1.165, 1.54) is 25.2 Å². The molecule has 0 unspecified atom stereocenters. The molecule has 0 aliphatic carbocycles. The molecule has 1 aliphatic heterocycles. The van der Waals surface area contributed by atoms with Crippen LogP contribution in [0.4, 0.5) is 19.0 Å². The molecular formula is C17H17F3N6O3S. The SMILES string of the molecule is CN1C(=N)N[C@](C)(c2cccc(NC(=O)c3ccc(C(F)(F)F)cn3)n2)CS1(=O)=O. The topological polar surface area (TPSA) is 128 Å². The number of rotatable bonds is 3. The van der Waals surface area contributed by atoms with Crippen LogP contribution in [-0.4, -0.2) is 47.4 Å². The maximum absolute atomic E-state index is 12.6. The first kappa shape index (κ1) is 21.5. The fourth-order valence-electron chi connectivity index (χ4n) is 2.80. The summed E-state index contributed by atoms with van der Waals surface area (Å²) in [6, 6.07) is 6.18. The Morgan fingerprint density at radius 3 is 2.57 bits per heavy atom. The lowest BCUT2D eigenvalue weighted by Gasteiger charge is -2.39. The minimum Gasteiger partial charge on any atom is -0.344 e. The van der Waals surface area contributed by atoms with E-state index in [0.29, 0.717) is 6.20 Å². The molecule has 160 valence electrons. The second kappa shape index (κ2) is 7.23. The van der Waals surface area contributed by atoms with Gasteiger partial charge in [0.05, 0.1) is 22.5 Å². The summed E-state index contributed by atoms with van der Waals surface area (Å²) in [5.41, 5.74) is -2.20. The van der Waals surface area contributed by atoms with Crippen molar-refractivity contribution >= 4 is 27.7 Å². The summed E-state index contributed by atoms with van der Waals surface area (Å²) in [4.78, 5) is 20.0. The van der Waals surface area contributed by atoms with Gasteiger partial charge in [-0.1, -0.05) is 6.07 Å². The Bertz CT molecular complexity index is 1100. The molecule has 9 nitrogen and oxygen atoms in total. The van der Waals surface area contributed by atoms with Crippen LogP contribution in [0, 0.1) is 5.41 Å². The molecule has 3 N–H and O–H groups in total. The lowest BCUT2D eigenvalue weighted by molar-refractivity contribution is -0.137. The van der Waals surface area contributed by atoms with E-state index < -0.39 is 33.2 Å². The third-order valence-electron chi connectivity index (χ3n) is 4.48. The van der Waals surface area contributed by atoms with Crippen molar-refractivity contribution < 1.29 is 26.4 Å². The van der Waals surface area contributed by atoms with E-state index in [0.717, 1.165) is 16.4 Å². The zero-order valence-corrected chi connectivity index (χ0v) is 16.6. The first-order valence-electron chi connectivity index (χ1n) is 8.47. The molecule has 2 aromatic heterocycles. The molecule has 0 radical (unpaired) electrons. The molecule has 2 aromatic rings. The molecule has 1 fully saturated rings. The van der Waals surface area contributed by atoms with Gasteiger partial charge in [0.2, 0.25) is 16.0 Å². The van der Waals surface area contributed by atoms with Crippen molar-refractivity contribution in [1.82, 2.24) is 19.6 Å². The molecule has 0 saturated carbocycles. The van der Waals surface area contributed by atoms with E-state index in [4.69, 9.17) is 5.41 Å². The van der Waals surface area contributed by atoms with Crippen LogP contribution < -0.4 is 10.6 Å². The van der Waals surface area contributed by atoms with E-state index >= 15 is 0 Å². The Kier molecular flexibility index (Phi) is 5.18.